The smallest absolute Gasteiger partial charge is 0.384 e. The minimum atomic E-state index is -0.490. The maximum atomic E-state index is 10.6. The Bertz CT molecular complexity index is 331. The summed E-state index contributed by atoms with van der Waals surface area (Å²) >= 11 is 0. The molecule has 0 aliphatic rings. The molecule has 80 valence electrons. The third-order valence-electron chi connectivity index (χ3n) is 1.51. The summed E-state index contributed by atoms with van der Waals surface area (Å²) in [6.07, 6.45) is 0.579. The summed E-state index contributed by atoms with van der Waals surface area (Å²) in [7, 11) is 1.32. The molecule has 0 aromatic heterocycles. The van der Waals surface area contributed by atoms with Gasteiger partial charge in [-0.25, -0.2) is 4.79 Å². The third kappa shape index (κ3) is 6.34. The Morgan fingerprint density at radius 1 is 1.27 bits per heavy atom. The van der Waals surface area contributed by atoms with Gasteiger partial charge in [0.15, 0.2) is 0 Å². The number of rotatable bonds is 1. The molecule has 1 rings (SSSR count). The van der Waals surface area contributed by atoms with E-state index in [1.54, 1.807) is 0 Å². The van der Waals surface area contributed by atoms with Gasteiger partial charge in [0, 0.05) is 12.3 Å². The van der Waals surface area contributed by atoms with E-state index in [1.165, 1.54) is 7.11 Å². The molecule has 0 saturated heterocycles. The maximum Gasteiger partial charge on any atom is 0.384 e. The average Bonchev–Trinajstić information content (AvgIpc) is 2.33. The molecule has 0 unspecified atom stereocenters. The van der Waals surface area contributed by atoms with Crippen LogP contribution in [0.3, 0.4) is 0 Å². The molecule has 0 aliphatic heterocycles. The van der Waals surface area contributed by atoms with Crippen LogP contribution in [0.1, 0.15) is 19.4 Å². The van der Waals surface area contributed by atoms with Crippen LogP contribution in [-0.2, 0) is 16.0 Å². The van der Waals surface area contributed by atoms with Crippen LogP contribution in [0.5, 0.6) is 0 Å². The van der Waals surface area contributed by atoms with E-state index in [2.05, 4.69) is 16.6 Å². The van der Waals surface area contributed by atoms with Crippen molar-refractivity contribution in [3.05, 3.63) is 35.9 Å². The fourth-order valence-electron chi connectivity index (χ4n) is 0.865. The highest BCUT2D eigenvalue weighted by Crippen LogP contribution is 1.97. The quantitative estimate of drug-likeness (QED) is 0.399. The van der Waals surface area contributed by atoms with Crippen molar-refractivity contribution in [3.8, 4) is 11.8 Å². The number of hydrogen-bond acceptors (Lipinski definition) is 2. The highest BCUT2D eigenvalue weighted by molar-refractivity contribution is 5.88. The number of methoxy groups -OCH3 is 1. The van der Waals surface area contributed by atoms with Gasteiger partial charge in [0.05, 0.1) is 7.11 Å². The van der Waals surface area contributed by atoms with E-state index in [9.17, 15) is 4.79 Å². The molecule has 15 heavy (non-hydrogen) atoms. The molecular formula is C13H16O2. The van der Waals surface area contributed by atoms with E-state index in [0.717, 1.165) is 5.56 Å². The lowest BCUT2D eigenvalue weighted by Crippen LogP contribution is -1.94. The first-order valence-corrected chi connectivity index (χ1v) is 4.93. The van der Waals surface area contributed by atoms with Crippen LogP contribution in [0.2, 0.25) is 0 Å². The van der Waals surface area contributed by atoms with Crippen molar-refractivity contribution < 1.29 is 9.53 Å². The molecule has 2 heteroatoms. The number of ether oxygens (including phenoxy) is 1. The van der Waals surface area contributed by atoms with Crippen LogP contribution in [0.25, 0.3) is 0 Å². The van der Waals surface area contributed by atoms with Gasteiger partial charge < -0.3 is 4.74 Å². The van der Waals surface area contributed by atoms with Crippen LogP contribution in [0, 0.1) is 11.8 Å². The molecular weight excluding hydrogens is 188 g/mol. The van der Waals surface area contributed by atoms with E-state index in [0.29, 0.717) is 6.42 Å². The Hall–Kier alpha value is -1.75. The monoisotopic (exact) mass is 204 g/mol. The second-order valence-electron chi connectivity index (χ2n) is 2.46. The van der Waals surface area contributed by atoms with Crippen molar-refractivity contribution >= 4 is 5.97 Å². The van der Waals surface area contributed by atoms with Crippen molar-refractivity contribution in [1.29, 1.82) is 0 Å². The van der Waals surface area contributed by atoms with Crippen molar-refractivity contribution in [2.75, 3.05) is 7.11 Å². The number of benzene rings is 1. The Morgan fingerprint density at radius 2 is 1.87 bits per heavy atom. The van der Waals surface area contributed by atoms with E-state index in [-0.39, 0.29) is 0 Å². The summed E-state index contributed by atoms with van der Waals surface area (Å²) in [5, 5.41) is 0. The lowest BCUT2D eigenvalue weighted by Gasteiger charge is -1.91. The first-order valence-electron chi connectivity index (χ1n) is 4.93. The van der Waals surface area contributed by atoms with Crippen molar-refractivity contribution in [3.63, 3.8) is 0 Å². The first-order chi connectivity index (χ1) is 7.33. The molecule has 0 aliphatic carbocycles. The van der Waals surface area contributed by atoms with Crippen LogP contribution >= 0.6 is 0 Å². The van der Waals surface area contributed by atoms with Crippen molar-refractivity contribution in [1.82, 2.24) is 0 Å². The van der Waals surface area contributed by atoms with Gasteiger partial charge in [-0.3, -0.25) is 0 Å². The maximum absolute atomic E-state index is 10.6. The minimum absolute atomic E-state index is 0.490. The summed E-state index contributed by atoms with van der Waals surface area (Å²) < 4.78 is 4.38. The molecule has 1 aromatic rings. The second-order valence-corrected chi connectivity index (χ2v) is 2.46. The van der Waals surface area contributed by atoms with Crippen LogP contribution in [0.15, 0.2) is 30.3 Å². The molecule has 0 amide bonds. The highest BCUT2D eigenvalue weighted by atomic mass is 16.5. The van der Waals surface area contributed by atoms with Gasteiger partial charge >= 0.3 is 5.97 Å². The fraction of sp³-hybridized carbons (Fsp3) is 0.308. The van der Waals surface area contributed by atoms with Gasteiger partial charge in [-0.15, -0.1) is 0 Å². The zero-order valence-electron chi connectivity index (χ0n) is 9.41. The summed E-state index contributed by atoms with van der Waals surface area (Å²) in [5.74, 6) is 4.61. The summed E-state index contributed by atoms with van der Waals surface area (Å²) in [4.78, 5) is 10.6. The molecule has 0 radical (unpaired) electrons. The van der Waals surface area contributed by atoms with Crippen LogP contribution in [0.4, 0.5) is 0 Å². The Balaban J connectivity index is 0.000000921. The molecule has 2 nitrogen and oxygen atoms in total. The molecule has 0 fully saturated rings. The SMILES string of the molecule is CC.COC(=O)C#CCc1ccccc1. The van der Waals surface area contributed by atoms with Crippen molar-refractivity contribution in [2.24, 2.45) is 0 Å². The van der Waals surface area contributed by atoms with E-state index >= 15 is 0 Å². The Labute approximate surface area is 91.3 Å². The molecule has 0 heterocycles. The Morgan fingerprint density at radius 3 is 2.40 bits per heavy atom. The summed E-state index contributed by atoms with van der Waals surface area (Å²) in [5.41, 5.74) is 1.10. The predicted molar refractivity (Wildman–Crippen MR) is 61.3 cm³/mol. The number of hydrogen-bond donors (Lipinski definition) is 0. The fourth-order valence-corrected chi connectivity index (χ4v) is 0.865. The van der Waals surface area contributed by atoms with Gasteiger partial charge in [0.2, 0.25) is 0 Å². The molecule has 0 atom stereocenters. The molecule has 0 saturated carbocycles. The standard InChI is InChI=1S/C11H10O2.C2H6/c1-13-11(12)9-5-8-10-6-3-2-4-7-10;1-2/h2-4,6-7H,8H2,1H3;1-2H3. The van der Waals surface area contributed by atoms with Crippen molar-refractivity contribution in [2.45, 2.75) is 20.3 Å². The van der Waals surface area contributed by atoms with Gasteiger partial charge in [0.1, 0.15) is 0 Å². The highest BCUT2D eigenvalue weighted by Gasteiger charge is 1.89. The predicted octanol–water partition coefficient (Wildman–Crippen LogP) is 2.43. The zero-order chi connectivity index (χ0) is 11.5. The minimum Gasteiger partial charge on any atom is -0.459 e. The summed E-state index contributed by atoms with van der Waals surface area (Å²) in [6.45, 7) is 4.00. The lowest BCUT2D eigenvalue weighted by molar-refractivity contribution is -0.133. The van der Waals surface area contributed by atoms with E-state index in [1.807, 2.05) is 44.2 Å². The zero-order valence-corrected chi connectivity index (χ0v) is 9.41. The van der Waals surface area contributed by atoms with E-state index < -0.39 is 5.97 Å². The first kappa shape index (κ1) is 13.2. The van der Waals surface area contributed by atoms with Gasteiger partial charge in [0.25, 0.3) is 0 Å². The normalized spacial score (nSPS) is 7.67. The Kier molecular flexibility index (Phi) is 7.80. The number of carbonyl (C=O) groups is 1. The third-order valence-corrected chi connectivity index (χ3v) is 1.51. The number of carbonyl (C=O) groups excluding carboxylic acids is 1. The van der Waals surface area contributed by atoms with Crippen LogP contribution < -0.4 is 0 Å². The molecule has 0 bridgehead atoms. The van der Waals surface area contributed by atoms with E-state index in [4.69, 9.17) is 0 Å². The second kappa shape index (κ2) is 8.83. The molecule has 1 aromatic carbocycles. The van der Waals surface area contributed by atoms with Gasteiger partial charge in [-0.1, -0.05) is 50.1 Å². The van der Waals surface area contributed by atoms with Crippen LogP contribution in [-0.4, -0.2) is 13.1 Å². The molecule has 0 spiro atoms. The largest absolute Gasteiger partial charge is 0.459 e. The topological polar surface area (TPSA) is 26.3 Å². The summed E-state index contributed by atoms with van der Waals surface area (Å²) in [6, 6.07) is 9.75. The van der Waals surface area contributed by atoms with Gasteiger partial charge in [-0.2, -0.15) is 0 Å². The lowest BCUT2D eigenvalue weighted by atomic mass is 10.2. The number of esters is 1. The average molecular weight is 204 g/mol. The van der Waals surface area contributed by atoms with Gasteiger partial charge in [-0.05, 0) is 5.56 Å². The molecule has 0 N–H and O–H groups in total.